The van der Waals surface area contributed by atoms with Crippen LogP contribution in [0.25, 0.3) is 0 Å². The topological polar surface area (TPSA) is 40.6 Å². The van der Waals surface area contributed by atoms with Crippen molar-refractivity contribution in [1.82, 2.24) is 8.61 Å². The molecule has 7 heteroatoms. The lowest BCUT2D eigenvalue weighted by molar-refractivity contribution is 0.289. The molecule has 78 valence electrons. The molecular formula is C6H14N2O2S3. The maximum absolute atomic E-state index is 11.1. The van der Waals surface area contributed by atoms with Gasteiger partial charge in [-0.1, -0.05) is 9.64 Å². The summed E-state index contributed by atoms with van der Waals surface area (Å²) in [5.41, 5.74) is 0. The number of nitrogens with zero attached hydrogens (tertiary/aromatic N) is 2. The lowest BCUT2D eigenvalue weighted by atomic mass is 10.4. The number of rotatable bonds is 2. The molecular weight excluding hydrogens is 228 g/mol. The number of sulfonamides is 1. The quantitative estimate of drug-likeness (QED) is 0.635. The van der Waals surface area contributed by atoms with Gasteiger partial charge in [0.05, 0.1) is 6.26 Å². The first-order valence-electron chi connectivity index (χ1n) is 3.95. The van der Waals surface area contributed by atoms with E-state index in [9.17, 15) is 8.42 Å². The van der Waals surface area contributed by atoms with E-state index in [-0.39, 0.29) is 9.64 Å². The Morgan fingerprint density at radius 2 is 1.69 bits per heavy atom. The highest BCUT2D eigenvalue weighted by Crippen LogP contribution is 2.06. The van der Waals surface area contributed by atoms with Gasteiger partial charge in [-0.05, 0) is 11.2 Å². The second kappa shape index (κ2) is 4.31. The fraction of sp³-hybridized carbons (Fsp3) is 1.00. The zero-order valence-electron chi connectivity index (χ0n) is 7.76. The number of hydrogen-bond acceptors (Lipinski definition) is 3. The van der Waals surface area contributed by atoms with Crippen molar-refractivity contribution < 1.29 is 8.42 Å². The Morgan fingerprint density at radius 3 is 2.00 bits per heavy atom. The van der Waals surface area contributed by atoms with Crippen LogP contribution in [-0.2, 0) is 30.9 Å². The Morgan fingerprint density at radius 1 is 1.23 bits per heavy atom. The van der Waals surface area contributed by atoms with Gasteiger partial charge in [-0.15, -0.1) is 0 Å². The van der Waals surface area contributed by atoms with E-state index in [2.05, 4.69) is 4.31 Å². The Kier molecular flexibility index (Phi) is 3.82. The first-order valence-corrected chi connectivity index (χ1v) is 8.31. The third-order valence-electron chi connectivity index (χ3n) is 2.03. The maximum atomic E-state index is 11.1. The van der Waals surface area contributed by atoms with Crippen LogP contribution in [-0.4, -0.2) is 55.7 Å². The standard InChI is InChI=1S/C6H14N2O2S3/c1-12(11)7-3-5-8(6-4-7)13(2,9)10/h3-6H2,1-2H3. The van der Waals surface area contributed by atoms with E-state index in [1.165, 1.54) is 10.6 Å². The van der Waals surface area contributed by atoms with Gasteiger partial charge in [0.15, 0.2) is 0 Å². The zero-order chi connectivity index (χ0) is 10.1. The molecule has 1 rings (SSSR count). The van der Waals surface area contributed by atoms with Crippen molar-refractivity contribution in [3.8, 4) is 0 Å². The molecule has 0 aromatic heterocycles. The van der Waals surface area contributed by atoms with E-state index in [1.54, 1.807) is 0 Å². The van der Waals surface area contributed by atoms with Crippen LogP contribution < -0.4 is 0 Å². The second-order valence-electron chi connectivity index (χ2n) is 3.01. The summed E-state index contributed by atoms with van der Waals surface area (Å²) in [5.74, 6) is 0. The third kappa shape index (κ3) is 3.25. The molecule has 0 amide bonds. The predicted octanol–water partition coefficient (Wildman–Crippen LogP) is -0.811. The highest BCUT2D eigenvalue weighted by molar-refractivity contribution is 8.27. The van der Waals surface area contributed by atoms with Gasteiger partial charge in [-0.3, -0.25) is 0 Å². The summed E-state index contributed by atoms with van der Waals surface area (Å²) in [6.45, 7) is 2.67. The second-order valence-corrected chi connectivity index (χ2v) is 7.81. The lowest BCUT2D eigenvalue weighted by Gasteiger charge is -2.32. The van der Waals surface area contributed by atoms with Crippen molar-refractivity contribution in [3.05, 3.63) is 0 Å². The van der Waals surface area contributed by atoms with E-state index < -0.39 is 10.0 Å². The molecule has 0 radical (unpaired) electrons. The molecule has 1 unspecified atom stereocenters. The molecule has 1 heterocycles. The number of hydrogen-bond donors (Lipinski definition) is 0. The highest BCUT2D eigenvalue weighted by Gasteiger charge is 2.23. The van der Waals surface area contributed by atoms with E-state index >= 15 is 0 Å². The predicted molar refractivity (Wildman–Crippen MR) is 58.6 cm³/mol. The largest absolute Gasteiger partial charge is 0.245 e. The Labute approximate surface area is 86.7 Å². The monoisotopic (exact) mass is 242 g/mol. The van der Waals surface area contributed by atoms with Gasteiger partial charge in [0.2, 0.25) is 10.0 Å². The average Bonchev–Trinajstić information content (AvgIpc) is 2.03. The highest BCUT2D eigenvalue weighted by atomic mass is 32.8. The normalized spacial score (nSPS) is 24.5. The fourth-order valence-electron chi connectivity index (χ4n) is 1.26. The van der Waals surface area contributed by atoms with E-state index in [4.69, 9.17) is 11.2 Å². The van der Waals surface area contributed by atoms with Crippen molar-refractivity contribution in [3.63, 3.8) is 0 Å². The van der Waals surface area contributed by atoms with Crippen LogP contribution in [0.15, 0.2) is 0 Å². The summed E-state index contributed by atoms with van der Waals surface area (Å²) < 4.78 is 25.9. The molecule has 0 aliphatic carbocycles. The van der Waals surface area contributed by atoms with Crippen molar-refractivity contribution in [1.29, 1.82) is 0 Å². The molecule has 1 aliphatic heterocycles. The molecule has 1 aliphatic rings. The van der Waals surface area contributed by atoms with E-state index in [1.807, 2.05) is 6.26 Å². The van der Waals surface area contributed by atoms with Gasteiger partial charge in [0, 0.05) is 32.4 Å². The first-order chi connectivity index (χ1) is 5.91. The minimum Gasteiger partial charge on any atom is -0.245 e. The molecule has 4 nitrogen and oxygen atoms in total. The average molecular weight is 242 g/mol. The summed E-state index contributed by atoms with van der Waals surface area (Å²) in [4.78, 5) is 0. The fourth-order valence-corrected chi connectivity index (χ4v) is 3.21. The van der Waals surface area contributed by atoms with Crippen LogP contribution >= 0.6 is 0 Å². The van der Waals surface area contributed by atoms with Crippen molar-refractivity contribution in [2.24, 2.45) is 0 Å². The number of piperazine rings is 1. The van der Waals surface area contributed by atoms with Crippen LogP contribution in [0.2, 0.25) is 0 Å². The van der Waals surface area contributed by atoms with E-state index in [0.29, 0.717) is 13.1 Å². The summed E-state index contributed by atoms with van der Waals surface area (Å²) in [6.07, 6.45) is 3.23. The van der Waals surface area contributed by atoms with Gasteiger partial charge in [-0.2, -0.15) is 4.31 Å². The molecule has 1 fully saturated rings. The van der Waals surface area contributed by atoms with Gasteiger partial charge in [-0.25, -0.2) is 12.7 Å². The third-order valence-corrected chi connectivity index (χ3v) is 5.06. The van der Waals surface area contributed by atoms with Gasteiger partial charge < -0.3 is 0 Å². The van der Waals surface area contributed by atoms with E-state index in [0.717, 1.165) is 13.1 Å². The minimum atomic E-state index is -3.00. The molecule has 0 saturated carbocycles. The van der Waals surface area contributed by atoms with Crippen molar-refractivity contribution in [2.75, 3.05) is 38.7 Å². The van der Waals surface area contributed by atoms with Gasteiger partial charge in [0.1, 0.15) is 0 Å². The molecule has 13 heavy (non-hydrogen) atoms. The summed E-state index contributed by atoms with van der Waals surface area (Å²) in [5, 5.41) is 0. The molecule has 0 N–H and O–H groups in total. The first kappa shape index (κ1) is 11.5. The summed E-state index contributed by atoms with van der Waals surface area (Å²) in [7, 11) is -3.15. The Balaban J connectivity index is 2.53. The van der Waals surface area contributed by atoms with Gasteiger partial charge in [0.25, 0.3) is 0 Å². The Hall–Kier alpha value is 0.440. The molecule has 1 saturated heterocycles. The van der Waals surface area contributed by atoms with Crippen LogP contribution in [0, 0.1) is 0 Å². The molecule has 0 aromatic carbocycles. The van der Waals surface area contributed by atoms with Gasteiger partial charge >= 0.3 is 0 Å². The smallest absolute Gasteiger partial charge is 0.211 e. The zero-order valence-corrected chi connectivity index (χ0v) is 10.2. The molecule has 0 bridgehead atoms. The maximum Gasteiger partial charge on any atom is 0.211 e. The van der Waals surface area contributed by atoms with Crippen molar-refractivity contribution in [2.45, 2.75) is 0 Å². The lowest BCUT2D eigenvalue weighted by Crippen LogP contribution is -2.48. The molecule has 0 spiro atoms. The van der Waals surface area contributed by atoms with Crippen LogP contribution in [0.5, 0.6) is 0 Å². The SMILES string of the molecule is CS(=S)N1CCN(S(C)(=O)=O)CC1. The summed E-state index contributed by atoms with van der Waals surface area (Å²) in [6, 6.07) is 0. The molecule has 1 atom stereocenters. The molecule has 0 aromatic rings. The Bertz CT molecular complexity index is 293. The minimum absolute atomic E-state index is 0.149. The summed E-state index contributed by atoms with van der Waals surface area (Å²) >= 11 is 5.12. The van der Waals surface area contributed by atoms with Crippen LogP contribution in [0.4, 0.5) is 0 Å². The van der Waals surface area contributed by atoms with Crippen LogP contribution in [0.1, 0.15) is 0 Å². The van der Waals surface area contributed by atoms with Crippen molar-refractivity contribution >= 4 is 30.9 Å². The van der Waals surface area contributed by atoms with Crippen LogP contribution in [0.3, 0.4) is 0 Å².